The molecule has 6 heteroatoms. The number of nitrogens with one attached hydrogen (secondary N) is 2. The maximum atomic E-state index is 13.3. The van der Waals surface area contributed by atoms with Gasteiger partial charge in [-0.2, -0.15) is 0 Å². The highest BCUT2D eigenvalue weighted by molar-refractivity contribution is 7.89. The van der Waals surface area contributed by atoms with Crippen LogP contribution >= 0.6 is 0 Å². The average molecular weight is 302 g/mol. The Morgan fingerprint density at radius 3 is 2.45 bits per heavy atom. The van der Waals surface area contributed by atoms with Gasteiger partial charge >= 0.3 is 0 Å². The average Bonchev–Trinajstić information content (AvgIpc) is 2.38. The van der Waals surface area contributed by atoms with E-state index in [1.165, 1.54) is 12.1 Å². The van der Waals surface area contributed by atoms with Crippen molar-refractivity contribution < 1.29 is 12.8 Å². The third-order valence-corrected chi connectivity index (χ3v) is 4.93. The Morgan fingerprint density at radius 2 is 1.90 bits per heavy atom. The molecule has 0 heterocycles. The summed E-state index contributed by atoms with van der Waals surface area (Å²) in [5.41, 5.74) is 0.554. The number of halogens is 1. The zero-order chi connectivity index (χ0) is 15.3. The number of sulfonamides is 1. The van der Waals surface area contributed by atoms with Crippen molar-refractivity contribution >= 4 is 10.0 Å². The summed E-state index contributed by atoms with van der Waals surface area (Å²) in [5, 5.41) is 2.88. The topological polar surface area (TPSA) is 58.2 Å². The van der Waals surface area contributed by atoms with Crippen LogP contribution in [0.3, 0.4) is 0 Å². The van der Waals surface area contributed by atoms with Crippen LogP contribution in [-0.2, 0) is 16.6 Å². The molecule has 0 fully saturated rings. The van der Waals surface area contributed by atoms with E-state index < -0.39 is 15.8 Å². The fourth-order valence-corrected chi connectivity index (χ4v) is 3.06. The molecule has 0 aliphatic rings. The second-order valence-corrected chi connectivity index (χ2v) is 7.09. The molecule has 1 rings (SSSR count). The predicted octanol–water partition coefficient (Wildman–Crippen LogP) is 2.12. The number of hydrogen-bond acceptors (Lipinski definition) is 3. The number of hydrogen-bond donors (Lipinski definition) is 2. The lowest BCUT2D eigenvalue weighted by Gasteiger charge is -2.17. The molecule has 0 aliphatic carbocycles. The SMILES string of the molecule is CNCc1ccc(F)cc1S(=O)(=O)NCC(C)C(C)C. The minimum Gasteiger partial charge on any atom is -0.316 e. The molecule has 0 bridgehead atoms. The van der Waals surface area contributed by atoms with E-state index in [0.717, 1.165) is 6.07 Å². The summed E-state index contributed by atoms with van der Waals surface area (Å²) in [6, 6.07) is 3.82. The highest BCUT2D eigenvalue weighted by atomic mass is 32.2. The van der Waals surface area contributed by atoms with Gasteiger partial charge in [-0.25, -0.2) is 17.5 Å². The van der Waals surface area contributed by atoms with Crippen LogP contribution in [0.15, 0.2) is 23.1 Å². The van der Waals surface area contributed by atoms with Crippen LogP contribution in [0, 0.1) is 17.7 Å². The van der Waals surface area contributed by atoms with Crippen molar-refractivity contribution in [3.63, 3.8) is 0 Å². The maximum absolute atomic E-state index is 13.3. The van der Waals surface area contributed by atoms with E-state index in [-0.39, 0.29) is 10.8 Å². The van der Waals surface area contributed by atoms with Crippen molar-refractivity contribution in [1.29, 1.82) is 0 Å². The standard InChI is InChI=1S/C14H23FN2O2S/c1-10(2)11(3)8-17-20(18,19)14-7-13(15)6-5-12(14)9-16-4/h5-7,10-11,16-17H,8-9H2,1-4H3. The lowest BCUT2D eigenvalue weighted by Crippen LogP contribution is -2.31. The zero-order valence-electron chi connectivity index (χ0n) is 12.4. The van der Waals surface area contributed by atoms with E-state index in [1.807, 2.05) is 20.8 Å². The molecule has 4 nitrogen and oxygen atoms in total. The minimum atomic E-state index is -3.69. The first-order valence-corrected chi connectivity index (χ1v) is 8.19. The molecule has 1 unspecified atom stereocenters. The first kappa shape index (κ1) is 17.1. The van der Waals surface area contributed by atoms with E-state index in [2.05, 4.69) is 10.0 Å². The first-order chi connectivity index (χ1) is 9.27. The molecular formula is C14H23FN2O2S. The molecule has 114 valence electrons. The highest BCUT2D eigenvalue weighted by Gasteiger charge is 2.20. The van der Waals surface area contributed by atoms with E-state index >= 15 is 0 Å². The van der Waals surface area contributed by atoms with Gasteiger partial charge < -0.3 is 5.32 Å². The van der Waals surface area contributed by atoms with Gasteiger partial charge in [-0.05, 0) is 36.6 Å². The van der Waals surface area contributed by atoms with E-state index in [0.29, 0.717) is 24.6 Å². The predicted molar refractivity (Wildman–Crippen MR) is 78.4 cm³/mol. The van der Waals surface area contributed by atoms with Gasteiger partial charge in [-0.3, -0.25) is 0 Å². The van der Waals surface area contributed by atoms with Gasteiger partial charge in [0.05, 0.1) is 4.90 Å². The Kier molecular flexibility index (Phi) is 6.10. The second kappa shape index (κ2) is 7.15. The third-order valence-electron chi connectivity index (χ3n) is 3.42. The molecule has 0 amide bonds. The number of rotatable bonds is 7. The van der Waals surface area contributed by atoms with Gasteiger partial charge in [0.15, 0.2) is 0 Å². The number of benzene rings is 1. The zero-order valence-corrected chi connectivity index (χ0v) is 13.2. The lowest BCUT2D eigenvalue weighted by molar-refractivity contribution is 0.414. The molecule has 0 spiro atoms. The van der Waals surface area contributed by atoms with Crippen LogP contribution in [0.5, 0.6) is 0 Å². The van der Waals surface area contributed by atoms with E-state index in [9.17, 15) is 12.8 Å². The third kappa shape index (κ3) is 4.54. The minimum absolute atomic E-state index is 0.00260. The van der Waals surface area contributed by atoms with Crippen molar-refractivity contribution in [2.75, 3.05) is 13.6 Å². The molecule has 1 aromatic rings. The molecule has 0 saturated heterocycles. The molecule has 0 aliphatic heterocycles. The van der Waals surface area contributed by atoms with Gasteiger partial charge in [0, 0.05) is 13.1 Å². The quantitative estimate of drug-likeness (QED) is 0.811. The van der Waals surface area contributed by atoms with E-state index in [1.54, 1.807) is 7.05 Å². The van der Waals surface area contributed by atoms with Gasteiger partial charge in [0.1, 0.15) is 5.82 Å². The lowest BCUT2D eigenvalue weighted by atomic mass is 9.99. The summed E-state index contributed by atoms with van der Waals surface area (Å²) in [6.45, 7) is 6.76. The Hall–Kier alpha value is -0.980. The van der Waals surface area contributed by atoms with Gasteiger partial charge in [-0.15, -0.1) is 0 Å². The molecule has 2 N–H and O–H groups in total. The summed E-state index contributed by atoms with van der Waals surface area (Å²) in [4.78, 5) is 0.00260. The van der Waals surface area contributed by atoms with Crippen LogP contribution in [0.1, 0.15) is 26.3 Å². The summed E-state index contributed by atoms with van der Waals surface area (Å²) in [7, 11) is -1.98. The molecule has 0 radical (unpaired) electrons. The van der Waals surface area contributed by atoms with E-state index in [4.69, 9.17) is 0 Å². The van der Waals surface area contributed by atoms with Crippen molar-refractivity contribution in [3.8, 4) is 0 Å². The summed E-state index contributed by atoms with van der Waals surface area (Å²) in [5.74, 6) is 0.0372. The molecule has 20 heavy (non-hydrogen) atoms. The van der Waals surface area contributed by atoms with Gasteiger partial charge in [0.25, 0.3) is 0 Å². The van der Waals surface area contributed by atoms with Crippen LogP contribution in [0.2, 0.25) is 0 Å². The monoisotopic (exact) mass is 302 g/mol. The normalized spacial score (nSPS) is 13.7. The largest absolute Gasteiger partial charge is 0.316 e. The Bertz CT molecular complexity index is 544. The Balaban J connectivity index is 2.99. The second-order valence-electron chi connectivity index (χ2n) is 5.36. The van der Waals surface area contributed by atoms with Crippen molar-refractivity contribution in [1.82, 2.24) is 10.0 Å². The van der Waals surface area contributed by atoms with Crippen molar-refractivity contribution in [2.45, 2.75) is 32.2 Å². The summed E-state index contributed by atoms with van der Waals surface area (Å²) >= 11 is 0. The smallest absolute Gasteiger partial charge is 0.241 e. The van der Waals surface area contributed by atoms with Gasteiger partial charge in [0.2, 0.25) is 10.0 Å². The van der Waals surface area contributed by atoms with Crippen LogP contribution in [-0.4, -0.2) is 22.0 Å². The maximum Gasteiger partial charge on any atom is 0.241 e. The van der Waals surface area contributed by atoms with Crippen molar-refractivity contribution in [3.05, 3.63) is 29.6 Å². The molecule has 0 saturated carbocycles. The van der Waals surface area contributed by atoms with Crippen molar-refractivity contribution in [2.24, 2.45) is 11.8 Å². The summed E-state index contributed by atoms with van der Waals surface area (Å²) < 4.78 is 40.5. The van der Waals surface area contributed by atoms with Crippen LogP contribution < -0.4 is 10.0 Å². The first-order valence-electron chi connectivity index (χ1n) is 6.70. The molecular weight excluding hydrogens is 279 g/mol. The highest BCUT2D eigenvalue weighted by Crippen LogP contribution is 2.18. The molecule has 1 atom stereocenters. The molecule has 1 aromatic carbocycles. The van der Waals surface area contributed by atoms with Crippen LogP contribution in [0.25, 0.3) is 0 Å². The Morgan fingerprint density at radius 1 is 1.25 bits per heavy atom. The van der Waals surface area contributed by atoms with Crippen LogP contribution in [0.4, 0.5) is 4.39 Å². The van der Waals surface area contributed by atoms with Gasteiger partial charge in [-0.1, -0.05) is 26.8 Å². The summed E-state index contributed by atoms with van der Waals surface area (Å²) in [6.07, 6.45) is 0. The molecule has 0 aromatic heterocycles. The Labute approximate surface area is 120 Å². The fraction of sp³-hybridized carbons (Fsp3) is 0.571. The fourth-order valence-electron chi connectivity index (χ4n) is 1.67.